The molecule has 0 N–H and O–H groups in total. The normalized spacial score (nSPS) is 19.2. The molecule has 3 heterocycles. The Labute approximate surface area is 210 Å². The second-order valence-electron chi connectivity index (χ2n) is 9.83. The zero-order chi connectivity index (χ0) is 25.9. The Kier molecular flexibility index (Phi) is 7.24. The molecule has 7 nitrogen and oxygen atoms in total. The van der Waals surface area contributed by atoms with Crippen molar-refractivity contribution < 1.29 is 9.18 Å². The third-order valence-electron chi connectivity index (χ3n) is 6.69. The number of imidazole rings is 2. The van der Waals surface area contributed by atoms with Crippen LogP contribution in [0.3, 0.4) is 0 Å². The first-order valence-electron chi connectivity index (χ1n) is 12.0. The van der Waals surface area contributed by atoms with E-state index >= 15 is 0 Å². The minimum Gasteiger partial charge on any atom is -0.330 e. The van der Waals surface area contributed by atoms with Gasteiger partial charge in [0.15, 0.2) is 11.2 Å². The molecule has 0 aliphatic heterocycles. The van der Waals surface area contributed by atoms with Crippen LogP contribution in [-0.2, 0) is 0 Å². The predicted octanol–water partition coefficient (Wildman–Crippen LogP) is 6.18. The number of rotatable bonds is 6. The summed E-state index contributed by atoms with van der Waals surface area (Å²) in [6.07, 6.45) is 21.9. The van der Waals surface area contributed by atoms with Crippen molar-refractivity contribution in [3.05, 3.63) is 96.1 Å². The molecule has 1 aliphatic carbocycles. The summed E-state index contributed by atoms with van der Waals surface area (Å²) in [7, 11) is 0. The fourth-order valence-electron chi connectivity index (χ4n) is 4.65. The summed E-state index contributed by atoms with van der Waals surface area (Å²) in [4.78, 5) is 28.2. The number of halogens is 1. The first kappa shape index (κ1) is 25.2. The molecule has 36 heavy (non-hydrogen) atoms. The Morgan fingerprint density at radius 1 is 1.14 bits per heavy atom. The molecule has 0 saturated heterocycles. The monoisotopic (exact) mass is 486 g/mol. The van der Waals surface area contributed by atoms with E-state index in [9.17, 15) is 9.18 Å². The quantitative estimate of drug-likeness (QED) is 0.236. The number of nitrogens with zero attached hydrogens (tertiary/aromatic N) is 6. The van der Waals surface area contributed by atoms with Gasteiger partial charge in [0.1, 0.15) is 12.7 Å². The van der Waals surface area contributed by atoms with Crippen LogP contribution in [-0.4, -0.2) is 35.0 Å². The van der Waals surface area contributed by atoms with E-state index in [4.69, 9.17) is 0 Å². The van der Waals surface area contributed by atoms with Gasteiger partial charge in [0.05, 0.1) is 12.4 Å². The van der Waals surface area contributed by atoms with Crippen molar-refractivity contribution >= 4 is 17.1 Å². The Morgan fingerprint density at radius 2 is 1.94 bits per heavy atom. The van der Waals surface area contributed by atoms with E-state index in [1.54, 1.807) is 0 Å². The molecular weight excluding hydrogens is 455 g/mol. The van der Waals surface area contributed by atoms with Crippen LogP contribution in [0.4, 0.5) is 4.39 Å². The Balaban J connectivity index is 1.47. The molecule has 0 amide bonds. The van der Waals surface area contributed by atoms with Crippen LogP contribution in [0.1, 0.15) is 58.3 Å². The number of fused-ring (bicyclic) bond motifs is 1. The van der Waals surface area contributed by atoms with E-state index in [0.29, 0.717) is 6.04 Å². The van der Waals surface area contributed by atoms with Crippen molar-refractivity contribution in [2.24, 2.45) is 5.41 Å². The minimum atomic E-state index is -0.749. The molecular formula is C28H31FN6O. The molecule has 0 radical (unpaired) electrons. The van der Waals surface area contributed by atoms with Crippen LogP contribution in [0.2, 0.25) is 0 Å². The van der Waals surface area contributed by atoms with Gasteiger partial charge in [-0.3, -0.25) is 4.79 Å². The van der Waals surface area contributed by atoms with E-state index in [1.807, 2.05) is 43.9 Å². The summed E-state index contributed by atoms with van der Waals surface area (Å²) < 4.78 is 17.1. The van der Waals surface area contributed by atoms with Gasteiger partial charge >= 0.3 is 0 Å². The molecule has 0 bridgehead atoms. The lowest BCUT2D eigenvalue weighted by molar-refractivity contribution is 0.0972. The van der Waals surface area contributed by atoms with Crippen LogP contribution in [0, 0.1) is 11.4 Å². The minimum absolute atomic E-state index is 0.0272. The fourth-order valence-corrected chi connectivity index (χ4v) is 4.65. The lowest BCUT2D eigenvalue weighted by Crippen LogP contribution is -2.25. The zero-order valence-corrected chi connectivity index (χ0v) is 21.3. The second-order valence-corrected chi connectivity index (χ2v) is 9.83. The van der Waals surface area contributed by atoms with Crippen molar-refractivity contribution in [3.63, 3.8) is 0 Å². The number of hydrogen-bond acceptors (Lipinski definition) is 5. The highest BCUT2D eigenvalue weighted by atomic mass is 19.1. The van der Waals surface area contributed by atoms with Gasteiger partial charge in [-0.15, -0.1) is 0 Å². The maximum absolute atomic E-state index is 13.7. The van der Waals surface area contributed by atoms with Gasteiger partial charge in [0, 0.05) is 18.5 Å². The number of allylic oxidation sites excluding steroid dienone is 10. The third-order valence-corrected chi connectivity index (χ3v) is 6.69. The maximum atomic E-state index is 13.7. The molecule has 0 saturated carbocycles. The number of carbonyl (C=O) groups excluding carboxylic acids is 1. The highest BCUT2D eigenvalue weighted by Gasteiger charge is 2.32. The van der Waals surface area contributed by atoms with E-state index in [2.05, 4.69) is 64.4 Å². The van der Waals surface area contributed by atoms with Crippen molar-refractivity contribution in [2.45, 2.75) is 53.5 Å². The van der Waals surface area contributed by atoms with E-state index in [0.717, 1.165) is 30.3 Å². The summed E-state index contributed by atoms with van der Waals surface area (Å²) in [5, 5.41) is 0. The summed E-state index contributed by atoms with van der Waals surface area (Å²) in [5.74, 6) is -1.10. The van der Waals surface area contributed by atoms with Crippen molar-refractivity contribution in [1.29, 1.82) is 0 Å². The molecule has 0 fully saturated rings. The molecule has 1 atom stereocenters. The number of aromatic nitrogens is 6. The topological polar surface area (TPSA) is 78.5 Å². The van der Waals surface area contributed by atoms with E-state index < -0.39 is 5.95 Å². The maximum Gasteiger partial charge on any atom is 0.257 e. The van der Waals surface area contributed by atoms with Crippen LogP contribution < -0.4 is 0 Å². The van der Waals surface area contributed by atoms with Crippen LogP contribution in [0.15, 0.2) is 90.1 Å². The standard InChI is InChI=1S/C28H31FN6O/c1-19(9-10-22-21(3)23(11-12-28(22,4)5)34-14-13-30-17-34)7-6-8-20(2)15-24(36)35-18-33-25-26(29)31-16-32-27(25)35/h6-10,13-18,23H,11-12H2,1-5H3. The van der Waals surface area contributed by atoms with Crippen LogP contribution in [0.25, 0.3) is 11.2 Å². The summed E-state index contributed by atoms with van der Waals surface area (Å²) in [6, 6.07) is 0.338. The fraction of sp³-hybridized carbons (Fsp3) is 0.321. The van der Waals surface area contributed by atoms with Gasteiger partial charge in [-0.1, -0.05) is 49.8 Å². The van der Waals surface area contributed by atoms with Gasteiger partial charge in [0.25, 0.3) is 5.91 Å². The highest BCUT2D eigenvalue weighted by molar-refractivity contribution is 5.96. The third kappa shape index (κ3) is 5.32. The van der Waals surface area contributed by atoms with Crippen molar-refractivity contribution in [1.82, 2.24) is 29.1 Å². The predicted molar refractivity (Wildman–Crippen MR) is 139 cm³/mol. The lowest BCUT2D eigenvalue weighted by Gasteiger charge is -2.37. The van der Waals surface area contributed by atoms with Gasteiger partial charge in [-0.25, -0.2) is 24.5 Å². The second kappa shape index (κ2) is 10.4. The molecule has 3 aromatic heterocycles. The molecule has 3 aromatic rings. The molecule has 8 heteroatoms. The first-order valence-corrected chi connectivity index (χ1v) is 12.0. The van der Waals surface area contributed by atoms with Crippen molar-refractivity contribution in [3.8, 4) is 0 Å². The molecule has 1 unspecified atom stereocenters. The van der Waals surface area contributed by atoms with Gasteiger partial charge in [-0.05, 0) is 55.7 Å². The van der Waals surface area contributed by atoms with E-state index in [-0.39, 0.29) is 22.5 Å². The van der Waals surface area contributed by atoms with Crippen LogP contribution in [0.5, 0.6) is 0 Å². The number of hydrogen-bond donors (Lipinski definition) is 0. The summed E-state index contributed by atoms with van der Waals surface area (Å²) in [5.41, 5.74) is 4.81. The van der Waals surface area contributed by atoms with Gasteiger partial charge in [0.2, 0.25) is 5.95 Å². The first-order chi connectivity index (χ1) is 17.2. The van der Waals surface area contributed by atoms with Crippen LogP contribution >= 0.6 is 0 Å². The molecule has 0 aromatic carbocycles. The SMILES string of the molecule is CC(C=CC1=C(C)C(n2ccnc2)CCC1(C)C)=CC=CC(C)=CC(=O)n1cnc2c(F)ncnc21. The Bertz CT molecular complexity index is 1420. The molecule has 186 valence electrons. The van der Waals surface area contributed by atoms with Gasteiger partial charge in [-0.2, -0.15) is 4.39 Å². The zero-order valence-electron chi connectivity index (χ0n) is 21.3. The molecule has 0 spiro atoms. The average Bonchev–Trinajstić information content (AvgIpc) is 3.49. The highest BCUT2D eigenvalue weighted by Crippen LogP contribution is 2.45. The molecule has 1 aliphatic rings. The molecule has 4 rings (SSSR count). The Morgan fingerprint density at radius 3 is 2.69 bits per heavy atom. The van der Waals surface area contributed by atoms with E-state index in [1.165, 1.54) is 28.1 Å². The summed E-state index contributed by atoms with van der Waals surface area (Å²) >= 11 is 0. The van der Waals surface area contributed by atoms with Gasteiger partial charge < -0.3 is 4.57 Å². The average molecular weight is 487 g/mol. The Hall–Kier alpha value is -3.94. The summed E-state index contributed by atoms with van der Waals surface area (Å²) in [6.45, 7) is 10.7. The van der Waals surface area contributed by atoms with Crippen molar-refractivity contribution in [2.75, 3.05) is 0 Å². The number of carbonyl (C=O) groups is 1. The largest absolute Gasteiger partial charge is 0.330 e. The smallest absolute Gasteiger partial charge is 0.257 e. The lowest BCUT2D eigenvalue weighted by atomic mass is 9.71.